The number of fused-ring (bicyclic) bond motifs is 2. The number of halogens is 4. The molecule has 162 valence electrons. The second kappa shape index (κ2) is 7.19. The molecule has 0 bridgehead atoms. The summed E-state index contributed by atoms with van der Waals surface area (Å²) in [5, 5.41) is 24.4. The number of aromatic nitrogens is 2. The highest BCUT2D eigenvalue weighted by molar-refractivity contribution is 5.91. The molecule has 0 radical (unpaired) electrons. The third-order valence-electron chi connectivity index (χ3n) is 5.62. The summed E-state index contributed by atoms with van der Waals surface area (Å²) in [5.41, 5.74) is -2.55. The van der Waals surface area contributed by atoms with E-state index in [1.54, 1.807) is 25.1 Å². The largest absolute Gasteiger partial charge is 0.504 e. The number of hydrogen-bond donors (Lipinski definition) is 3. The molecule has 5 nitrogen and oxygen atoms in total. The van der Waals surface area contributed by atoms with Gasteiger partial charge in [0, 0.05) is 29.3 Å². The van der Waals surface area contributed by atoms with Crippen molar-refractivity contribution < 1.29 is 27.8 Å². The normalized spacial score (nSPS) is 22.5. The van der Waals surface area contributed by atoms with Gasteiger partial charge in [0.25, 0.3) is 0 Å². The molecule has 9 heteroatoms. The summed E-state index contributed by atoms with van der Waals surface area (Å²) in [7, 11) is 0. The number of aryl methyl sites for hydroxylation is 1. The summed E-state index contributed by atoms with van der Waals surface area (Å²) in [6.45, 7) is 3.16. The first kappa shape index (κ1) is 21.0. The van der Waals surface area contributed by atoms with Crippen LogP contribution in [0, 0.1) is 12.7 Å². The Balaban J connectivity index is 1.95. The highest BCUT2D eigenvalue weighted by atomic mass is 19.4. The molecule has 0 unspecified atom stereocenters. The number of aliphatic hydroxyl groups is 1. The summed E-state index contributed by atoms with van der Waals surface area (Å²) < 4.78 is 56.5. The average Bonchev–Trinajstić information content (AvgIpc) is 2.71. The van der Waals surface area contributed by atoms with Crippen LogP contribution in [0.3, 0.4) is 0 Å². The first-order chi connectivity index (χ1) is 14.6. The SMILES string of the molecule is C/C=C1/C[C@](O)(C(F)(F)F)[C@H](Nc2cccc3nc(C)ncc23)c2ccc(F)c(O)c21. The van der Waals surface area contributed by atoms with Gasteiger partial charge in [-0.2, -0.15) is 13.2 Å². The van der Waals surface area contributed by atoms with Crippen molar-refractivity contribution >= 4 is 22.2 Å². The van der Waals surface area contributed by atoms with Gasteiger partial charge < -0.3 is 15.5 Å². The number of nitrogens with zero attached hydrogens (tertiary/aromatic N) is 2. The number of benzene rings is 2. The fraction of sp³-hybridized carbons (Fsp3) is 0.273. The maximum atomic E-state index is 14.2. The van der Waals surface area contributed by atoms with Gasteiger partial charge in [-0.25, -0.2) is 14.4 Å². The fourth-order valence-corrected chi connectivity index (χ4v) is 4.03. The molecule has 1 aliphatic rings. The van der Waals surface area contributed by atoms with Crippen molar-refractivity contribution in [2.24, 2.45) is 0 Å². The predicted molar refractivity (Wildman–Crippen MR) is 108 cm³/mol. The number of anilines is 1. The Hall–Kier alpha value is -3.20. The Morgan fingerprint density at radius 2 is 1.97 bits per heavy atom. The van der Waals surface area contributed by atoms with Gasteiger partial charge in [0.1, 0.15) is 5.82 Å². The van der Waals surface area contributed by atoms with Crippen LogP contribution in [-0.2, 0) is 0 Å². The number of aromatic hydroxyl groups is 1. The minimum atomic E-state index is -5.02. The van der Waals surface area contributed by atoms with Crippen molar-refractivity contribution in [3.05, 3.63) is 65.4 Å². The molecule has 0 amide bonds. The lowest BCUT2D eigenvalue weighted by Gasteiger charge is -2.44. The molecule has 2 atom stereocenters. The molecule has 0 fully saturated rings. The van der Waals surface area contributed by atoms with Gasteiger partial charge in [0.15, 0.2) is 17.2 Å². The lowest BCUT2D eigenvalue weighted by Crippen LogP contribution is -2.54. The van der Waals surface area contributed by atoms with E-state index in [1.807, 2.05) is 0 Å². The zero-order valence-corrected chi connectivity index (χ0v) is 16.6. The van der Waals surface area contributed by atoms with E-state index in [-0.39, 0.29) is 22.4 Å². The van der Waals surface area contributed by atoms with E-state index in [1.165, 1.54) is 19.2 Å². The third kappa shape index (κ3) is 3.29. The van der Waals surface area contributed by atoms with Crippen LogP contribution in [0.4, 0.5) is 23.2 Å². The van der Waals surface area contributed by atoms with E-state index in [9.17, 15) is 27.8 Å². The Morgan fingerprint density at radius 1 is 1.23 bits per heavy atom. The van der Waals surface area contributed by atoms with Crippen LogP contribution >= 0.6 is 0 Å². The van der Waals surface area contributed by atoms with Crippen LogP contribution < -0.4 is 5.32 Å². The number of phenols is 1. The highest BCUT2D eigenvalue weighted by Gasteiger charge is 2.61. The van der Waals surface area contributed by atoms with Crippen molar-refractivity contribution in [3.63, 3.8) is 0 Å². The highest BCUT2D eigenvalue weighted by Crippen LogP contribution is 2.54. The van der Waals surface area contributed by atoms with Gasteiger partial charge >= 0.3 is 6.18 Å². The summed E-state index contributed by atoms with van der Waals surface area (Å²) in [5.74, 6) is -1.21. The number of alkyl halides is 3. The van der Waals surface area contributed by atoms with Gasteiger partial charge in [-0.15, -0.1) is 0 Å². The minimum Gasteiger partial charge on any atom is -0.504 e. The summed E-state index contributed by atoms with van der Waals surface area (Å²) in [4.78, 5) is 8.38. The molecule has 1 aliphatic carbocycles. The summed E-state index contributed by atoms with van der Waals surface area (Å²) in [6, 6.07) is 5.17. The van der Waals surface area contributed by atoms with Crippen LogP contribution in [0.25, 0.3) is 16.5 Å². The Bertz CT molecular complexity index is 1210. The van der Waals surface area contributed by atoms with Crippen LogP contribution in [0.5, 0.6) is 5.75 Å². The molecule has 0 aliphatic heterocycles. The van der Waals surface area contributed by atoms with Gasteiger partial charge in [-0.05, 0) is 43.2 Å². The fourth-order valence-electron chi connectivity index (χ4n) is 4.03. The molecule has 2 aromatic carbocycles. The zero-order valence-electron chi connectivity index (χ0n) is 16.6. The van der Waals surface area contributed by atoms with Crippen molar-refractivity contribution in [1.82, 2.24) is 9.97 Å². The molecule has 31 heavy (non-hydrogen) atoms. The van der Waals surface area contributed by atoms with E-state index in [0.29, 0.717) is 16.7 Å². The summed E-state index contributed by atoms with van der Waals surface area (Å²) in [6.07, 6.45) is -3.05. The zero-order chi connectivity index (χ0) is 22.6. The van der Waals surface area contributed by atoms with Crippen molar-refractivity contribution in [2.45, 2.75) is 38.1 Å². The molecule has 4 rings (SSSR count). The van der Waals surface area contributed by atoms with E-state index in [0.717, 1.165) is 12.1 Å². The van der Waals surface area contributed by atoms with Crippen LogP contribution in [-0.4, -0.2) is 32.0 Å². The van der Waals surface area contributed by atoms with Crippen LogP contribution in [0.2, 0.25) is 0 Å². The third-order valence-corrected chi connectivity index (χ3v) is 5.62. The van der Waals surface area contributed by atoms with Gasteiger partial charge in [-0.1, -0.05) is 18.2 Å². The van der Waals surface area contributed by atoms with E-state index in [2.05, 4.69) is 15.3 Å². The van der Waals surface area contributed by atoms with Crippen LogP contribution in [0.1, 0.15) is 36.3 Å². The quantitative estimate of drug-likeness (QED) is 0.494. The molecular formula is C22H19F4N3O2. The molecule has 0 saturated heterocycles. The molecule has 0 spiro atoms. The van der Waals surface area contributed by atoms with Crippen molar-refractivity contribution in [3.8, 4) is 5.75 Å². The Labute approximate surface area is 175 Å². The number of rotatable bonds is 2. The maximum absolute atomic E-state index is 14.2. The van der Waals surface area contributed by atoms with Gasteiger partial charge in [0.05, 0.1) is 11.6 Å². The molecule has 1 heterocycles. The number of nitrogens with one attached hydrogen (secondary N) is 1. The number of hydrogen-bond acceptors (Lipinski definition) is 5. The minimum absolute atomic E-state index is 0.00162. The topological polar surface area (TPSA) is 78.3 Å². The monoisotopic (exact) mass is 433 g/mol. The molecule has 1 aromatic heterocycles. The van der Waals surface area contributed by atoms with Crippen molar-refractivity contribution in [1.29, 1.82) is 0 Å². The molecule has 3 N–H and O–H groups in total. The second-order valence-electron chi connectivity index (χ2n) is 7.51. The predicted octanol–water partition coefficient (Wildman–Crippen LogP) is 5.04. The standard InChI is InChI=1S/C22H19F4N3O2/c1-3-12-9-21(31,22(24,25)26)20(13-7-8-15(23)19(30)18(12)13)29-17-6-4-5-16-14(17)10-27-11(2)28-16/h3-8,10,20,29-31H,9H2,1-2H3/b12-3-/t20-,21-/m1/s1. The Kier molecular flexibility index (Phi) is 4.88. The van der Waals surface area contributed by atoms with Gasteiger partial charge in [0.2, 0.25) is 0 Å². The smallest absolute Gasteiger partial charge is 0.419 e. The second-order valence-corrected chi connectivity index (χ2v) is 7.51. The van der Waals surface area contributed by atoms with E-state index < -0.39 is 35.8 Å². The molecular weight excluding hydrogens is 414 g/mol. The van der Waals surface area contributed by atoms with E-state index >= 15 is 0 Å². The molecule has 3 aromatic rings. The average molecular weight is 433 g/mol. The van der Waals surface area contributed by atoms with E-state index in [4.69, 9.17) is 0 Å². The first-order valence-corrected chi connectivity index (χ1v) is 9.51. The Morgan fingerprint density at radius 3 is 2.65 bits per heavy atom. The maximum Gasteiger partial charge on any atom is 0.419 e. The van der Waals surface area contributed by atoms with Gasteiger partial charge in [-0.3, -0.25) is 0 Å². The number of phenolic OH excluding ortho intramolecular Hbond substituents is 1. The van der Waals surface area contributed by atoms with Crippen LogP contribution in [0.15, 0.2) is 42.6 Å². The van der Waals surface area contributed by atoms with Crippen molar-refractivity contribution in [2.75, 3.05) is 5.32 Å². The lowest BCUT2D eigenvalue weighted by atomic mass is 9.72. The lowest BCUT2D eigenvalue weighted by molar-refractivity contribution is -0.265. The molecule has 0 saturated carbocycles. The first-order valence-electron chi connectivity index (χ1n) is 9.51. The summed E-state index contributed by atoms with van der Waals surface area (Å²) >= 11 is 0. The number of allylic oxidation sites excluding steroid dienone is 1.